The van der Waals surface area contributed by atoms with E-state index in [9.17, 15) is 14.4 Å². The summed E-state index contributed by atoms with van der Waals surface area (Å²) in [7, 11) is 0. The van der Waals surface area contributed by atoms with E-state index >= 15 is 0 Å². The molecule has 24 heavy (non-hydrogen) atoms. The first-order chi connectivity index (χ1) is 11.3. The zero-order valence-electron chi connectivity index (χ0n) is 12.4. The third kappa shape index (κ3) is 3.92. The number of hydrogen-bond acceptors (Lipinski definition) is 4. The van der Waals surface area contributed by atoms with Gasteiger partial charge >= 0.3 is 0 Å². The lowest BCUT2D eigenvalue weighted by molar-refractivity contribution is -0.119. The number of aromatic amines is 1. The summed E-state index contributed by atoms with van der Waals surface area (Å²) in [6.45, 7) is 1.45. The molecule has 8 nitrogen and oxygen atoms in total. The van der Waals surface area contributed by atoms with Crippen molar-refractivity contribution >= 4 is 51.1 Å². The first-order valence-corrected chi connectivity index (χ1v) is 7.88. The summed E-state index contributed by atoms with van der Waals surface area (Å²) in [5, 5.41) is 11.6. The molecule has 0 radical (unpaired) electrons. The number of hydrogen-bond donors (Lipinski definition) is 4. The highest BCUT2D eigenvalue weighted by molar-refractivity contribution is 9.10. The molecular weight excluding hydrogens is 402 g/mol. The zero-order chi connectivity index (χ0) is 17.9. The molecule has 2 aromatic rings. The number of nitrogens with zero attached hydrogens (tertiary/aromatic N) is 1. The summed E-state index contributed by atoms with van der Waals surface area (Å²) in [5.41, 5.74) is 5.39. The maximum Gasteiger partial charge on any atom is 0.271 e. The molecule has 0 bridgehead atoms. The van der Waals surface area contributed by atoms with Crippen LogP contribution in [0.5, 0.6) is 0 Å². The van der Waals surface area contributed by atoms with Crippen LogP contribution in [-0.2, 0) is 4.79 Å². The van der Waals surface area contributed by atoms with E-state index in [4.69, 9.17) is 17.3 Å². The topological polar surface area (TPSA) is 130 Å². The van der Waals surface area contributed by atoms with Crippen LogP contribution in [0.4, 0.5) is 5.82 Å². The zero-order valence-corrected chi connectivity index (χ0v) is 14.7. The van der Waals surface area contributed by atoms with Crippen LogP contribution in [0.25, 0.3) is 0 Å². The summed E-state index contributed by atoms with van der Waals surface area (Å²) in [4.78, 5) is 35.2. The second kappa shape index (κ2) is 7.45. The second-order valence-electron chi connectivity index (χ2n) is 4.79. The Bertz CT molecular complexity index is 807. The van der Waals surface area contributed by atoms with Crippen molar-refractivity contribution in [2.24, 2.45) is 5.73 Å². The number of rotatable bonds is 5. The third-order valence-electron chi connectivity index (χ3n) is 3.06. The molecule has 0 aliphatic carbocycles. The highest BCUT2D eigenvalue weighted by Crippen LogP contribution is 2.25. The molecule has 1 aromatic heterocycles. The largest absolute Gasteiger partial charge is 0.368 e. The summed E-state index contributed by atoms with van der Waals surface area (Å²) in [5.74, 6) is -1.65. The van der Waals surface area contributed by atoms with Crippen molar-refractivity contribution in [3.8, 4) is 0 Å². The highest BCUT2D eigenvalue weighted by Gasteiger charge is 2.22. The fourth-order valence-electron chi connectivity index (χ4n) is 1.72. The van der Waals surface area contributed by atoms with E-state index in [2.05, 4.69) is 36.8 Å². The van der Waals surface area contributed by atoms with Gasteiger partial charge in [-0.05, 0) is 35.0 Å². The van der Waals surface area contributed by atoms with Crippen molar-refractivity contribution in [3.05, 3.63) is 45.0 Å². The van der Waals surface area contributed by atoms with E-state index in [0.717, 1.165) is 0 Å². The molecule has 2 rings (SSSR count). The second-order valence-corrected chi connectivity index (χ2v) is 5.99. The van der Waals surface area contributed by atoms with Crippen molar-refractivity contribution in [2.45, 2.75) is 13.0 Å². The Kier molecular flexibility index (Phi) is 5.58. The van der Waals surface area contributed by atoms with Crippen LogP contribution in [0.15, 0.2) is 28.7 Å². The molecule has 0 aliphatic heterocycles. The lowest BCUT2D eigenvalue weighted by Gasteiger charge is -2.09. The Balaban J connectivity index is 2.15. The summed E-state index contributed by atoms with van der Waals surface area (Å²) >= 11 is 9.14. The number of nitrogens with two attached hydrogens (primary N) is 1. The van der Waals surface area contributed by atoms with Gasteiger partial charge in [-0.1, -0.05) is 23.7 Å². The minimum Gasteiger partial charge on any atom is -0.368 e. The number of amides is 3. The van der Waals surface area contributed by atoms with E-state index in [1.165, 1.54) is 6.92 Å². The normalized spacial score (nSPS) is 11.6. The smallest absolute Gasteiger partial charge is 0.271 e. The Morgan fingerprint density at radius 1 is 1.29 bits per heavy atom. The first kappa shape index (κ1) is 18.0. The molecule has 5 N–H and O–H groups in total. The summed E-state index contributed by atoms with van der Waals surface area (Å²) < 4.78 is 0.233. The number of aromatic nitrogens is 2. The maximum atomic E-state index is 12.2. The number of nitrogens with one attached hydrogen (secondary N) is 3. The Morgan fingerprint density at radius 3 is 2.58 bits per heavy atom. The van der Waals surface area contributed by atoms with Crippen molar-refractivity contribution in [2.75, 3.05) is 5.32 Å². The SMILES string of the molecule is CC(NC(=O)c1[nH]nc(NC(=O)c2ccccc2Cl)c1Br)C(N)=O. The third-order valence-corrected chi connectivity index (χ3v) is 4.16. The number of halogens is 2. The van der Waals surface area contributed by atoms with E-state index in [-0.39, 0.29) is 26.6 Å². The Morgan fingerprint density at radius 2 is 1.96 bits per heavy atom. The predicted octanol–water partition coefficient (Wildman–Crippen LogP) is 1.68. The Labute approximate surface area is 150 Å². The van der Waals surface area contributed by atoms with Gasteiger partial charge in [0.2, 0.25) is 5.91 Å². The summed E-state index contributed by atoms with van der Waals surface area (Å²) in [6.07, 6.45) is 0. The van der Waals surface area contributed by atoms with Crippen LogP contribution in [0.1, 0.15) is 27.8 Å². The van der Waals surface area contributed by atoms with Gasteiger partial charge in [0.05, 0.1) is 15.1 Å². The molecule has 126 valence electrons. The molecule has 0 saturated heterocycles. The van der Waals surface area contributed by atoms with Crippen LogP contribution in [0.3, 0.4) is 0 Å². The van der Waals surface area contributed by atoms with Gasteiger partial charge in [0.15, 0.2) is 5.82 Å². The van der Waals surface area contributed by atoms with Gasteiger partial charge in [0.25, 0.3) is 11.8 Å². The van der Waals surface area contributed by atoms with Crippen molar-refractivity contribution in [1.29, 1.82) is 0 Å². The van der Waals surface area contributed by atoms with E-state index < -0.39 is 23.8 Å². The van der Waals surface area contributed by atoms with Gasteiger partial charge in [0, 0.05) is 0 Å². The molecule has 1 aromatic carbocycles. The lowest BCUT2D eigenvalue weighted by atomic mass is 10.2. The molecule has 0 spiro atoms. The number of benzene rings is 1. The molecule has 0 aliphatic rings. The fourth-order valence-corrected chi connectivity index (χ4v) is 2.40. The number of carbonyl (C=O) groups excluding carboxylic acids is 3. The van der Waals surface area contributed by atoms with Crippen LogP contribution in [0.2, 0.25) is 5.02 Å². The number of anilines is 1. The van der Waals surface area contributed by atoms with Gasteiger partial charge in [-0.2, -0.15) is 5.10 Å². The Hall–Kier alpha value is -2.39. The van der Waals surface area contributed by atoms with E-state index in [0.29, 0.717) is 0 Å². The predicted molar refractivity (Wildman–Crippen MR) is 91.8 cm³/mol. The van der Waals surface area contributed by atoms with E-state index in [1.807, 2.05) is 0 Å². The quantitative estimate of drug-likeness (QED) is 0.593. The number of carbonyl (C=O) groups is 3. The van der Waals surface area contributed by atoms with Gasteiger partial charge in [0.1, 0.15) is 11.7 Å². The molecule has 0 fully saturated rings. The first-order valence-electron chi connectivity index (χ1n) is 6.71. The number of primary amides is 1. The molecule has 1 heterocycles. The van der Waals surface area contributed by atoms with Crippen molar-refractivity contribution in [3.63, 3.8) is 0 Å². The van der Waals surface area contributed by atoms with Crippen LogP contribution in [0, 0.1) is 0 Å². The molecule has 10 heteroatoms. The maximum absolute atomic E-state index is 12.2. The average molecular weight is 415 g/mol. The minimum atomic E-state index is -0.853. The average Bonchev–Trinajstić information content (AvgIpc) is 2.88. The van der Waals surface area contributed by atoms with Crippen LogP contribution < -0.4 is 16.4 Å². The van der Waals surface area contributed by atoms with Crippen LogP contribution in [-0.4, -0.2) is 34.0 Å². The van der Waals surface area contributed by atoms with Gasteiger partial charge in [-0.3, -0.25) is 19.5 Å². The highest BCUT2D eigenvalue weighted by atomic mass is 79.9. The monoisotopic (exact) mass is 413 g/mol. The van der Waals surface area contributed by atoms with Gasteiger partial charge < -0.3 is 16.4 Å². The molecule has 1 atom stereocenters. The van der Waals surface area contributed by atoms with Crippen molar-refractivity contribution < 1.29 is 14.4 Å². The lowest BCUT2D eigenvalue weighted by Crippen LogP contribution is -2.42. The van der Waals surface area contributed by atoms with Crippen molar-refractivity contribution in [1.82, 2.24) is 15.5 Å². The van der Waals surface area contributed by atoms with Gasteiger partial charge in [-0.15, -0.1) is 0 Å². The standard InChI is InChI=1S/C14H13BrClN5O3/c1-6(11(17)22)18-14(24)10-9(15)12(21-20-10)19-13(23)7-4-2-3-5-8(7)16/h2-6H,1H3,(H2,17,22)(H,18,24)(H2,19,20,21,23). The van der Waals surface area contributed by atoms with Gasteiger partial charge in [-0.25, -0.2) is 0 Å². The molecule has 0 saturated carbocycles. The number of H-pyrrole nitrogens is 1. The minimum absolute atomic E-state index is 0.0394. The molecular formula is C14H13BrClN5O3. The van der Waals surface area contributed by atoms with Crippen LogP contribution >= 0.6 is 27.5 Å². The molecule has 3 amide bonds. The van der Waals surface area contributed by atoms with E-state index in [1.54, 1.807) is 24.3 Å². The molecule has 1 unspecified atom stereocenters. The fraction of sp³-hybridized carbons (Fsp3) is 0.143. The summed E-state index contributed by atoms with van der Waals surface area (Å²) in [6, 6.07) is 5.66.